The Hall–Kier alpha value is -1.96. The van der Waals surface area contributed by atoms with Crippen LogP contribution in [0.4, 0.5) is 0 Å². The Morgan fingerprint density at radius 2 is 1.83 bits per heavy atom. The Morgan fingerprint density at radius 1 is 1.14 bits per heavy atom. The first-order chi connectivity index (χ1) is 17.1. The molecule has 3 aliphatic heterocycles. The molecule has 0 aromatic heterocycles. The maximum atomic E-state index is 12.2. The molecule has 7 nitrogen and oxygen atoms in total. The van der Waals surface area contributed by atoms with E-state index in [-0.39, 0.29) is 42.0 Å². The number of amides is 1. The highest BCUT2D eigenvalue weighted by atomic mass is 16.6. The van der Waals surface area contributed by atoms with Crippen LogP contribution in [0.15, 0.2) is 36.0 Å². The first kappa shape index (κ1) is 30.3. The number of allylic oxidation sites excluding steroid dienone is 2. The molecule has 3 fully saturated rings. The molecule has 0 aromatic rings. The van der Waals surface area contributed by atoms with E-state index in [9.17, 15) is 9.59 Å². The van der Waals surface area contributed by atoms with Crippen molar-refractivity contribution in [3.63, 3.8) is 0 Å². The summed E-state index contributed by atoms with van der Waals surface area (Å²) in [5.41, 5.74) is 1.21. The number of carbonyl (C=O) groups excluding carboxylic acids is 2. The summed E-state index contributed by atoms with van der Waals surface area (Å²) < 4.78 is 23.0. The molecule has 36 heavy (non-hydrogen) atoms. The Bertz CT molecular complexity index is 808. The van der Waals surface area contributed by atoms with Gasteiger partial charge < -0.3 is 24.3 Å². The van der Waals surface area contributed by atoms with Crippen LogP contribution >= 0.6 is 0 Å². The lowest BCUT2D eigenvalue weighted by atomic mass is 9.87. The van der Waals surface area contributed by atoms with Gasteiger partial charge in [-0.1, -0.05) is 44.6 Å². The maximum absolute atomic E-state index is 12.2. The van der Waals surface area contributed by atoms with Crippen molar-refractivity contribution in [2.45, 2.75) is 129 Å². The maximum Gasteiger partial charge on any atom is 0.293 e. The van der Waals surface area contributed by atoms with E-state index in [1.165, 1.54) is 11.6 Å². The van der Waals surface area contributed by atoms with Crippen LogP contribution in [0.5, 0.6) is 0 Å². The highest BCUT2D eigenvalue weighted by Gasteiger charge is 2.57. The molecule has 8 unspecified atom stereocenters. The molecule has 1 spiro atoms. The van der Waals surface area contributed by atoms with Crippen molar-refractivity contribution in [2.24, 2.45) is 5.92 Å². The van der Waals surface area contributed by atoms with Crippen LogP contribution in [0.25, 0.3) is 0 Å². The zero-order chi connectivity index (χ0) is 26.9. The summed E-state index contributed by atoms with van der Waals surface area (Å²) in [6, 6.07) is -0.0551. The van der Waals surface area contributed by atoms with Crippen LogP contribution in [0, 0.1) is 5.92 Å². The van der Waals surface area contributed by atoms with Gasteiger partial charge in [-0.15, -0.1) is 0 Å². The lowest BCUT2D eigenvalue weighted by molar-refractivity contribution is -0.131. The molecule has 9 atom stereocenters. The summed E-state index contributed by atoms with van der Waals surface area (Å²) >= 11 is 0. The predicted molar refractivity (Wildman–Crippen MR) is 142 cm³/mol. The van der Waals surface area contributed by atoms with Gasteiger partial charge in [-0.2, -0.15) is 0 Å². The molecule has 7 heteroatoms. The molecular weight excluding hydrogens is 458 g/mol. The van der Waals surface area contributed by atoms with Crippen molar-refractivity contribution in [2.75, 3.05) is 0 Å². The van der Waals surface area contributed by atoms with Crippen LogP contribution in [-0.2, 0) is 28.5 Å². The second-order valence-electron chi connectivity index (χ2n) is 10.3. The highest BCUT2D eigenvalue weighted by Crippen LogP contribution is 2.48. The minimum Gasteiger partial charge on any atom is -0.461 e. The molecule has 0 aromatic carbocycles. The zero-order valence-corrected chi connectivity index (χ0v) is 23.4. The summed E-state index contributed by atoms with van der Waals surface area (Å²) in [5.74, 6) is 0.104. The smallest absolute Gasteiger partial charge is 0.293 e. The lowest BCUT2D eigenvalue weighted by Gasteiger charge is -2.39. The number of hydrogen-bond donors (Lipinski definition) is 1. The summed E-state index contributed by atoms with van der Waals surface area (Å²) in [4.78, 5) is 22.6. The van der Waals surface area contributed by atoms with Crippen molar-refractivity contribution >= 4 is 12.4 Å². The number of epoxide rings is 1. The molecule has 3 saturated heterocycles. The summed E-state index contributed by atoms with van der Waals surface area (Å²) in [6.45, 7) is 16.6. The van der Waals surface area contributed by atoms with Crippen LogP contribution < -0.4 is 5.32 Å². The molecule has 1 N–H and O–H groups in total. The van der Waals surface area contributed by atoms with Gasteiger partial charge in [0.25, 0.3) is 6.47 Å². The quantitative estimate of drug-likeness (QED) is 0.204. The molecular formula is C29H47NO6. The summed E-state index contributed by atoms with van der Waals surface area (Å²) in [5, 5.41) is 3.01. The molecule has 0 radical (unpaired) electrons. The van der Waals surface area contributed by atoms with Gasteiger partial charge in [-0.05, 0) is 59.5 Å². The molecule has 3 aliphatic rings. The molecule has 3 rings (SSSR count). The van der Waals surface area contributed by atoms with Gasteiger partial charge in [0.2, 0.25) is 5.91 Å². The topological polar surface area (TPSA) is 86.4 Å². The van der Waals surface area contributed by atoms with Crippen molar-refractivity contribution in [1.29, 1.82) is 0 Å². The van der Waals surface area contributed by atoms with Gasteiger partial charge in [0.15, 0.2) is 0 Å². The van der Waals surface area contributed by atoms with Gasteiger partial charge in [-0.25, -0.2) is 0 Å². The molecule has 204 valence electrons. The minimum atomic E-state index is -0.435. The van der Waals surface area contributed by atoms with E-state index in [0.29, 0.717) is 18.5 Å². The Balaban J connectivity index is 0.00000222. The molecule has 3 heterocycles. The van der Waals surface area contributed by atoms with Gasteiger partial charge in [-0.3, -0.25) is 9.59 Å². The van der Waals surface area contributed by atoms with E-state index >= 15 is 0 Å². The highest BCUT2D eigenvalue weighted by molar-refractivity contribution is 5.87. The predicted octanol–water partition coefficient (Wildman–Crippen LogP) is 5.05. The van der Waals surface area contributed by atoms with E-state index < -0.39 is 6.10 Å². The fourth-order valence-electron chi connectivity index (χ4n) is 5.09. The lowest BCUT2D eigenvalue weighted by Crippen LogP contribution is -2.50. The fraction of sp³-hybridized carbons (Fsp3) is 0.724. The number of ether oxygens (including phenoxy) is 4. The van der Waals surface area contributed by atoms with Crippen molar-refractivity contribution in [3.8, 4) is 0 Å². The average molecular weight is 506 g/mol. The number of rotatable bonds is 9. The van der Waals surface area contributed by atoms with Gasteiger partial charge in [0.1, 0.15) is 6.10 Å². The third-order valence-electron chi connectivity index (χ3n) is 7.26. The van der Waals surface area contributed by atoms with Gasteiger partial charge in [0.05, 0.1) is 42.2 Å². The van der Waals surface area contributed by atoms with E-state index in [1.54, 1.807) is 13.0 Å². The van der Waals surface area contributed by atoms with E-state index in [2.05, 4.69) is 51.2 Å². The molecule has 0 saturated carbocycles. The summed E-state index contributed by atoms with van der Waals surface area (Å²) in [7, 11) is 0. The number of hydrogen-bond acceptors (Lipinski definition) is 6. The molecule has 0 bridgehead atoms. The normalized spacial score (nSPS) is 37.3. The largest absolute Gasteiger partial charge is 0.461 e. The molecule has 1 amide bonds. The van der Waals surface area contributed by atoms with Crippen LogP contribution in [0.1, 0.15) is 81.1 Å². The van der Waals surface area contributed by atoms with Crippen LogP contribution in [-0.4, -0.2) is 60.6 Å². The first-order valence-corrected chi connectivity index (χ1v) is 13.5. The Morgan fingerprint density at radius 3 is 2.47 bits per heavy atom. The Kier molecular flexibility index (Phi) is 11.9. The van der Waals surface area contributed by atoms with Crippen molar-refractivity contribution < 1.29 is 28.5 Å². The third kappa shape index (κ3) is 8.86. The van der Waals surface area contributed by atoms with Gasteiger partial charge in [0, 0.05) is 18.9 Å². The van der Waals surface area contributed by atoms with Crippen molar-refractivity contribution in [1.82, 2.24) is 5.32 Å². The van der Waals surface area contributed by atoms with Crippen molar-refractivity contribution in [3.05, 3.63) is 36.0 Å². The number of carbonyl (C=O) groups is 2. The molecule has 0 aliphatic carbocycles. The number of nitrogens with one attached hydrogen (secondary N) is 1. The Labute approximate surface area is 217 Å². The fourth-order valence-corrected chi connectivity index (χ4v) is 5.09. The SMILES string of the molecule is CC.CC(/C=C/C1CC2(C[C@@H](C)O1)OC2C)=C\CC1OC(C)C(NC(=O)/C=C\C(C)OC=O)CC1C. The minimum absolute atomic E-state index is 0.0229. The standard InChI is InChI=1S/C27H41NO6.C2H6/c1-17(7-10-23-15-27(22(6)34-27)14-20(4)32-23)8-11-25-18(2)13-24(21(5)33-25)28-26(30)12-9-19(3)31-16-29;1-2/h7-10,12,16,18-25H,11,13-15H2,1-6H3,(H,28,30);1-2H3/b10-7+,12-9-,17-8+;/t18?,19?,20-,21?,22?,23?,24?,25?,27?;/m1./s1. The second kappa shape index (κ2) is 14.1. The monoisotopic (exact) mass is 505 g/mol. The van der Waals surface area contributed by atoms with Gasteiger partial charge >= 0.3 is 0 Å². The first-order valence-electron chi connectivity index (χ1n) is 13.5. The van der Waals surface area contributed by atoms with E-state index in [1.807, 2.05) is 20.8 Å². The summed E-state index contributed by atoms with van der Waals surface area (Å²) in [6.07, 6.45) is 13.3. The van der Waals surface area contributed by atoms with Crippen LogP contribution in [0.3, 0.4) is 0 Å². The van der Waals surface area contributed by atoms with E-state index in [0.717, 1.165) is 25.7 Å². The van der Waals surface area contributed by atoms with E-state index in [4.69, 9.17) is 18.9 Å². The third-order valence-corrected chi connectivity index (χ3v) is 7.26. The van der Waals surface area contributed by atoms with Crippen LogP contribution in [0.2, 0.25) is 0 Å². The average Bonchev–Trinajstić information content (AvgIpc) is 3.44. The zero-order valence-electron chi connectivity index (χ0n) is 23.4. The second-order valence-corrected chi connectivity index (χ2v) is 10.3.